The van der Waals surface area contributed by atoms with E-state index in [1.165, 1.54) is 111 Å². The molecule has 0 aliphatic heterocycles. The van der Waals surface area contributed by atoms with Gasteiger partial charge in [-0.2, -0.15) is 0 Å². The second-order valence-electron chi connectivity index (χ2n) is 20.9. The molecule has 0 amide bonds. The second-order valence-corrected chi connectivity index (χ2v) is 20.9. The lowest BCUT2D eigenvalue weighted by Crippen LogP contribution is -2.17. The fourth-order valence-electron chi connectivity index (χ4n) is 12.5. The van der Waals surface area contributed by atoms with E-state index in [2.05, 4.69) is 259 Å². The Morgan fingerprint density at radius 1 is 0.279 bits per heavy atom. The minimum absolute atomic E-state index is 0.112. The third kappa shape index (κ3) is 5.81. The Hall–Kier alpha value is -7.74. The van der Waals surface area contributed by atoms with Crippen molar-refractivity contribution in [3.8, 4) is 66.8 Å². The van der Waals surface area contributed by atoms with Crippen LogP contribution in [-0.2, 0) is 16.2 Å². The second kappa shape index (κ2) is 14.6. The molecule has 1 nitrogen and oxygen atoms in total. The van der Waals surface area contributed by atoms with Crippen molar-refractivity contribution in [3.63, 3.8) is 0 Å². The molecular formula is C67H53N. The Balaban J connectivity index is 0.895. The summed E-state index contributed by atoms with van der Waals surface area (Å²) in [5.74, 6) is 0. The van der Waals surface area contributed by atoms with E-state index in [-0.39, 0.29) is 16.2 Å². The van der Waals surface area contributed by atoms with E-state index in [1.807, 2.05) is 0 Å². The molecule has 68 heavy (non-hydrogen) atoms. The van der Waals surface area contributed by atoms with Gasteiger partial charge in [0.2, 0.25) is 0 Å². The molecule has 0 spiro atoms. The fraction of sp³-hybridized carbons (Fsp3) is 0.134. The van der Waals surface area contributed by atoms with Gasteiger partial charge in [-0.05, 0) is 154 Å². The van der Waals surface area contributed by atoms with Crippen molar-refractivity contribution in [2.45, 2.75) is 57.8 Å². The molecular weight excluding hydrogens is 819 g/mol. The number of benzene rings is 10. The molecule has 3 aliphatic carbocycles. The van der Waals surface area contributed by atoms with Crippen molar-refractivity contribution in [1.82, 2.24) is 0 Å². The van der Waals surface area contributed by atoms with Crippen LogP contribution in [0.5, 0.6) is 0 Å². The molecule has 13 rings (SSSR count). The number of para-hydroxylation sites is 1. The van der Waals surface area contributed by atoms with Crippen LogP contribution in [0.4, 0.5) is 17.1 Å². The van der Waals surface area contributed by atoms with E-state index in [0.29, 0.717) is 0 Å². The summed E-state index contributed by atoms with van der Waals surface area (Å²) in [6.07, 6.45) is 0. The molecule has 10 aromatic rings. The van der Waals surface area contributed by atoms with Gasteiger partial charge in [0.1, 0.15) is 0 Å². The van der Waals surface area contributed by atoms with Crippen LogP contribution in [0.25, 0.3) is 77.5 Å². The first-order valence-electron chi connectivity index (χ1n) is 24.3. The van der Waals surface area contributed by atoms with Gasteiger partial charge in [-0.3, -0.25) is 0 Å². The van der Waals surface area contributed by atoms with Crippen molar-refractivity contribution >= 4 is 27.8 Å². The van der Waals surface area contributed by atoms with Crippen LogP contribution >= 0.6 is 0 Å². The third-order valence-corrected chi connectivity index (χ3v) is 16.1. The van der Waals surface area contributed by atoms with Crippen molar-refractivity contribution in [3.05, 3.63) is 246 Å². The minimum atomic E-state index is -0.185. The third-order valence-electron chi connectivity index (χ3n) is 16.1. The molecule has 0 saturated heterocycles. The Bertz CT molecular complexity index is 3690. The quantitative estimate of drug-likeness (QED) is 0.161. The lowest BCUT2D eigenvalue weighted by molar-refractivity contribution is 0.652. The van der Waals surface area contributed by atoms with Gasteiger partial charge in [-0.25, -0.2) is 0 Å². The maximum absolute atomic E-state index is 2.56. The van der Waals surface area contributed by atoms with E-state index in [0.717, 1.165) is 17.1 Å². The van der Waals surface area contributed by atoms with Crippen molar-refractivity contribution in [1.29, 1.82) is 0 Å². The lowest BCUT2D eigenvalue weighted by atomic mass is 9.79. The van der Waals surface area contributed by atoms with Crippen molar-refractivity contribution in [2.24, 2.45) is 0 Å². The highest BCUT2D eigenvalue weighted by atomic mass is 15.1. The summed E-state index contributed by atoms with van der Waals surface area (Å²) in [6, 6.07) is 79.7. The number of nitrogens with zero attached hydrogens (tertiary/aromatic N) is 1. The zero-order chi connectivity index (χ0) is 46.1. The van der Waals surface area contributed by atoms with Crippen LogP contribution in [-0.4, -0.2) is 0 Å². The normalized spacial score (nSPS) is 15.0. The molecule has 0 radical (unpaired) electrons. The molecule has 0 heterocycles. The standard InChI is InChI=1S/C67H53N/c1-65(2)57-27-14-12-24-51(57)52-37-35-47(39-60(52)65)68(63-29-15-13-23-49(63)44-18-8-7-9-19-44)46-33-30-42(31-34-46)45-32-36-53-55-40-62-56(41-61(55)67(5,6)59(53)38-45)64-54(26-17-28-58(64)66(62,3)4)50-25-16-21-43-20-10-11-22-48(43)50/h7-41H,1-6H3. The molecule has 0 aromatic heterocycles. The van der Waals surface area contributed by atoms with Gasteiger partial charge in [0, 0.05) is 33.2 Å². The summed E-state index contributed by atoms with van der Waals surface area (Å²) >= 11 is 0. The van der Waals surface area contributed by atoms with Crippen molar-refractivity contribution < 1.29 is 0 Å². The Labute approximate surface area is 401 Å². The highest BCUT2D eigenvalue weighted by Gasteiger charge is 2.43. The van der Waals surface area contributed by atoms with E-state index >= 15 is 0 Å². The molecule has 0 unspecified atom stereocenters. The zero-order valence-corrected chi connectivity index (χ0v) is 39.7. The van der Waals surface area contributed by atoms with Gasteiger partial charge in [0.25, 0.3) is 0 Å². The Morgan fingerprint density at radius 3 is 1.63 bits per heavy atom. The Kier molecular flexibility index (Phi) is 8.72. The summed E-state index contributed by atoms with van der Waals surface area (Å²) in [5.41, 5.74) is 27.0. The first-order valence-corrected chi connectivity index (χ1v) is 24.3. The first-order chi connectivity index (χ1) is 33.0. The monoisotopic (exact) mass is 871 g/mol. The zero-order valence-electron chi connectivity index (χ0n) is 39.7. The van der Waals surface area contributed by atoms with Crippen LogP contribution < -0.4 is 4.90 Å². The van der Waals surface area contributed by atoms with Gasteiger partial charge in [0.05, 0.1) is 5.69 Å². The van der Waals surface area contributed by atoms with Crippen LogP contribution in [0.2, 0.25) is 0 Å². The smallest absolute Gasteiger partial charge is 0.0540 e. The maximum atomic E-state index is 2.56. The number of rotatable bonds is 6. The van der Waals surface area contributed by atoms with Crippen molar-refractivity contribution in [2.75, 3.05) is 4.90 Å². The van der Waals surface area contributed by atoms with Crippen LogP contribution in [0, 0.1) is 0 Å². The highest BCUT2D eigenvalue weighted by Crippen LogP contribution is 2.59. The molecule has 10 aromatic carbocycles. The molecule has 0 N–H and O–H groups in total. The Morgan fingerprint density at radius 2 is 0.794 bits per heavy atom. The summed E-state index contributed by atoms with van der Waals surface area (Å²) in [5, 5.41) is 2.57. The van der Waals surface area contributed by atoms with E-state index in [4.69, 9.17) is 0 Å². The van der Waals surface area contributed by atoms with Gasteiger partial charge in [0.15, 0.2) is 0 Å². The molecule has 1 heteroatoms. The summed E-state index contributed by atoms with van der Waals surface area (Å²) < 4.78 is 0. The van der Waals surface area contributed by atoms with E-state index < -0.39 is 0 Å². The lowest BCUT2D eigenvalue weighted by Gasteiger charge is -2.30. The predicted octanol–water partition coefficient (Wildman–Crippen LogP) is 18.2. The van der Waals surface area contributed by atoms with Crippen LogP contribution in [0.15, 0.2) is 212 Å². The van der Waals surface area contributed by atoms with Gasteiger partial charge in [-0.1, -0.05) is 205 Å². The average Bonchev–Trinajstić information content (AvgIpc) is 3.85. The minimum Gasteiger partial charge on any atom is -0.310 e. The number of hydrogen-bond donors (Lipinski definition) is 0. The summed E-state index contributed by atoms with van der Waals surface area (Å²) in [6.45, 7) is 14.4. The molecule has 0 bridgehead atoms. The van der Waals surface area contributed by atoms with Gasteiger partial charge < -0.3 is 4.90 Å². The van der Waals surface area contributed by atoms with Crippen LogP contribution in [0.1, 0.15) is 74.9 Å². The maximum Gasteiger partial charge on any atom is 0.0540 e. The van der Waals surface area contributed by atoms with Gasteiger partial charge >= 0.3 is 0 Å². The number of fused-ring (bicyclic) bond motifs is 10. The largest absolute Gasteiger partial charge is 0.310 e. The molecule has 3 aliphatic rings. The van der Waals surface area contributed by atoms with Crippen LogP contribution in [0.3, 0.4) is 0 Å². The fourth-order valence-corrected chi connectivity index (χ4v) is 12.5. The van der Waals surface area contributed by atoms with E-state index in [9.17, 15) is 0 Å². The highest BCUT2D eigenvalue weighted by molar-refractivity contribution is 6.04. The molecule has 0 saturated carbocycles. The first kappa shape index (κ1) is 40.5. The number of hydrogen-bond acceptors (Lipinski definition) is 1. The SMILES string of the molecule is CC1(C)c2ccccc2-c2ccc(N(c3ccc(-c4ccc5c(c4)C(C)(C)c4cc6c(cc4-5)C(C)(C)c4cccc(-c5cccc7ccccc57)c4-6)cc3)c3ccccc3-c3ccccc3)cc21. The molecule has 0 atom stereocenters. The molecule has 0 fully saturated rings. The predicted molar refractivity (Wildman–Crippen MR) is 288 cm³/mol. The van der Waals surface area contributed by atoms with Gasteiger partial charge in [-0.15, -0.1) is 0 Å². The topological polar surface area (TPSA) is 3.24 Å². The average molecular weight is 872 g/mol. The molecule has 326 valence electrons. The van der Waals surface area contributed by atoms with E-state index in [1.54, 1.807) is 0 Å². The summed E-state index contributed by atoms with van der Waals surface area (Å²) in [7, 11) is 0. The summed E-state index contributed by atoms with van der Waals surface area (Å²) in [4.78, 5) is 2.46. The number of anilines is 3.